The van der Waals surface area contributed by atoms with Crippen LogP contribution >= 0.6 is 11.3 Å². The molecule has 0 aromatic carbocycles. The van der Waals surface area contributed by atoms with Crippen LogP contribution in [0.4, 0.5) is 5.00 Å². The zero-order valence-electron chi connectivity index (χ0n) is 7.00. The predicted octanol–water partition coefficient (Wildman–Crippen LogP) is 3.75. The molecule has 1 rings (SSSR count). The van der Waals surface area contributed by atoms with Crippen molar-refractivity contribution in [3.63, 3.8) is 0 Å². The van der Waals surface area contributed by atoms with Crippen LogP contribution in [0, 0.1) is 0 Å². The van der Waals surface area contributed by atoms with Crippen LogP contribution in [0.15, 0.2) is 23.0 Å². The first-order valence-electron chi connectivity index (χ1n) is 3.55. The van der Waals surface area contributed by atoms with Crippen LogP contribution in [0.5, 0.6) is 0 Å². The second kappa shape index (κ2) is 5.86. The number of aliphatic imine (C=N–C) groups is 1. The summed E-state index contributed by atoms with van der Waals surface area (Å²) in [4.78, 5) is 3.80. The van der Waals surface area contributed by atoms with Gasteiger partial charge in [-0.25, -0.2) is 0 Å². The van der Waals surface area contributed by atoms with E-state index in [-0.39, 0.29) is 0 Å². The first-order valence-corrected chi connectivity index (χ1v) is 4.43. The van der Waals surface area contributed by atoms with Crippen LogP contribution in [0.1, 0.15) is 19.4 Å². The van der Waals surface area contributed by atoms with E-state index in [1.807, 2.05) is 25.3 Å². The molecule has 0 saturated carbocycles. The molecule has 0 radical (unpaired) electrons. The molecule has 2 heteroatoms. The summed E-state index contributed by atoms with van der Waals surface area (Å²) in [6.07, 6.45) is 1.78. The van der Waals surface area contributed by atoms with E-state index in [0.29, 0.717) is 0 Å². The second-order valence-corrected chi connectivity index (χ2v) is 2.44. The Morgan fingerprint density at radius 1 is 1.55 bits per heavy atom. The molecule has 0 aliphatic heterocycles. The van der Waals surface area contributed by atoms with E-state index in [4.69, 9.17) is 0 Å². The molecule has 1 aromatic rings. The predicted molar refractivity (Wildman–Crippen MR) is 55.0 cm³/mol. The van der Waals surface area contributed by atoms with E-state index >= 15 is 0 Å². The minimum absolute atomic E-state index is 0.949. The molecule has 0 atom stereocenters. The van der Waals surface area contributed by atoms with Crippen molar-refractivity contribution in [2.75, 3.05) is 0 Å². The summed E-state index contributed by atoms with van der Waals surface area (Å²) in [5.74, 6) is 0. The number of hydrogen-bond acceptors (Lipinski definition) is 2. The van der Waals surface area contributed by atoms with Gasteiger partial charge in [-0.15, -0.1) is 11.3 Å². The highest BCUT2D eigenvalue weighted by atomic mass is 32.1. The lowest BCUT2D eigenvalue weighted by molar-refractivity contribution is 1.50. The summed E-state index contributed by atoms with van der Waals surface area (Å²) in [7, 11) is 0. The SMILES string of the molecule is C=Cc1ccsc1N=C.CC. The lowest BCUT2D eigenvalue weighted by atomic mass is 10.3. The first-order chi connectivity index (χ1) is 5.38. The Bertz CT molecular complexity index is 203. The molecule has 60 valence electrons. The van der Waals surface area contributed by atoms with Crippen molar-refractivity contribution in [2.45, 2.75) is 13.8 Å². The number of thiophene rings is 1. The van der Waals surface area contributed by atoms with Gasteiger partial charge in [0.1, 0.15) is 5.00 Å². The van der Waals surface area contributed by atoms with E-state index in [1.165, 1.54) is 0 Å². The molecule has 0 amide bonds. The molecule has 1 nitrogen and oxygen atoms in total. The number of hydrogen-bond donors (Lipinski definition) is 0. The largest absolute Gasteiger partial charge is 0.253 e. The van der Waals surface area contributed by atoms with Crippen LogP contribution in [-0.4, -0.2) is 6.72 Å². The third-order valence-corrected chi connectivity index (χ3v) is 1.90. The van der Waals surface area contributed by atoms with Gasteiger partial charge in [-0.2, -0.15) is 0 Å². The van der Waals surface area contributed by atoms with Gasteiger partial charge in [-0.3, -0.25) is 4.99 Å². The minimum atomic E-state index is 0.949. The van der Waals surface area contributed by atoms with Gasteiger partial charge in [0.25, 0.3) is 0 Å². The summed E-state index contributed by atoms with van der Waals surface area (Å²) in [6.45, 7) is 11.1. The molecule has 0 bridgehead atoms. The van der Waals surface area contributed by atoms with E-state index in [2.05, 4.69) is 18.3 Å². The third-order valence-electron chi connectivity index (χ3n) is 1.04. The first kappa shape index (κ1) is 10.1. The normalized spacial score (nSPS) is 7.82. The highest BCUT2D eigenvalue weighted by molar-refractivity contribution is 7.14. The molecule has 0 saturated heterocycles. The van der Waals surface area contributed by atoms with Crippen molar-refractivity contribution in [3.05, 3.63) is 23.6 Å². The summed E-state index contributed by atoms with van der Waals surface area (Å²) < 4.78 is 0. The minimum Gasteiger partial charge on any atom is -0.253 e. The molecular weight excluding hydrogens is 154 g/mol. The zero-order valence-corrected chi connectivity index (χ0v) is 7.82. The maximum atomic E-state index is 3.80. The quantitative estimate of drug-likeness (QED) is 0.595. The molecular formula is C9H13NS. The van der Waals surface area contributed by atoms with Gasteiger partial charge in [0, 0.05) is 5.56 Å². The third kappa shape index (κ3) is 2.68. The van der Waals surface area contributed by atoms with Crippen molar-refractivity contribution in [1.82, 2.24) is 0 Å². The Morgan fingerprint density at radius 2 is 2.18 bits per heavy atom. The molecule has 0 aliphatic carbocycles. The summed E-state index contributed by atoms with van der Waals surface area (Å²) >= 11 is 1.57. The van der Waals surface area contributed by atoms with Gasteiger partial charge in [0.2, 0.25) is 0 Å². The Kier molecular flexibility index (Phi) is 5.39. The summed E-state index contributed by atoms with van der Waals surface area (Å²) in [6, 6.07) is 1.97. The second-order valence-electron chi connectivity index (χ2n) is 1.54. The van der Waals surface area contributed by atoms with Crippen LogP contribution in [0.25, 0.3) is 6.08 Å². The van der Waals surface area contributed by atoms with E-state index in [1.54, 1.807) is 17.4 Å². The van der Waals surface area contributed by atoms with Gasteiger partial charge in [0.05, 0.1) is 0 Å². The Morgan fingerprint density at radius 3 is 2.55 bits per heavy atom. The van der Waals surface area contributed by atoms with Crippen LogP contribution < -0.4 is 0 Å². The smallest absolute Gasteiger partial charge is 0.122 e. The highest BCUT2D eigenvalue weighted by Crippen LogP contribution is 2.26. The zero-order chi connectivity index (χ0) is 8.69. The number of rotatable bonds is 2. The topological polar surface area (TPSA) is 12.4 Å². The molecule has 1 aromatic heterocycles. The van der Waals surface area contributed by atoms with Gasteiger partial charge in [-0.1, -0.05) is 26.5 Å². The Balaban J connectivity index is 0.000000461. The maximum absolute atomic E-state index is 3.80. The van der Waals surface area contributed by atoms with Gasteiger partial charge in [0.15, 0.2) is 0 Å². The van der Waals surface area contributed by atoms with Gasteiger partial charge in [-0.05, 0) is 18.2 Å². The average Bonchev–Trinajstić information content (AvgIpc) is 2.54. The van der Waals surface area contributed by atoms with Crippen molar-refractivity contribution in [3.8, 4) is 0 Å². The van der Waals surface area contributed by atoms with Crippen molar-refractivity contribution < 1.29 is 0 Å². The lowest BCUT2D eigenvalue weighted by Gasteiger charge is -1.84. The highest BCUT2D eigenvalue weighted by Gasteiger charge is 1.94. The number of nitrogens with zero attached hydrogens (tertiary/aromatic N) is 1. The molecule has 0 spiro atoms. The molecule has 0 aliphatic rings. The van der Waals surface area contributed by atoms with Crippen LogP contribution in [0.2, 0.25) is 0 Å². The average molecular weight is 167 g/mol. The van der Waals surface area contributed by atoms with Crippen molar-refractivity contribution >= 4 is 29.1 Å². The molecule has 11 heavy (non-hydrogen) atoms. The molecule has 0 fully saturated rings. The van der Waals surface area contributed by atoms with Gasteiger partial charge >= 0.3 is 0 Å². The molecule has 0 N–H and O–H groups in total. The molecule has 0 unspecified atom stereocenters. The Hall–Kier alpha value is -0.890. The van der Waals surface area contributed by atoms with E-state index in [0.717, 1.165) is 10.6 Å². The lowest BCUT2D eigenvalue weighted by Crippen LogP contribution is -1.57. The van der Waals surface area contributed by atoms with Crippen molar-refractivity contribution in [2.24, 2.45) is 4.99 Å². The fourth-order valence-electron chi connectivity index (χ4n) is 0.595. The Labute approximate surface area is 72.1 Å². The van der Waals surface area contributed by atoms with Gasteiger partial charge < -0.3 is 0 Å². The monoisotopic (exact) mass is 167 g/mol. The standard InChI is InChI=1S/C7H7NS.C2H6/c1-3-6-4-5-9-7(6)8-2;1-2/h3-5H,1-2H2;1-2H3. The summed E-state index contributed by atoms with van der Waals surface area (Å²) in [5, 5.41) is 2.92. The van der Waals surface area contributed by atoms with Crippen LogP contribution in [-0.2, 0) is 0 Å². The summed E-state index contributed by atoms with van der Waals surface area (Å²) in [5.41, 5.74) is 1.06. The van der Waals surface area contributed by atoms with E-state index in [9.17, 15) is 0 Å². The maximum Gasteiger partial charge on any atom is 0.122 e. The fourth-order valence-corrected chi connectivity index (χ4v) is 1.30. The van der Waals surface area contributed by atoms with Crippen LogP contribution in [0.3, 0.4) is 0 Å². The van der Waals surface area contributed by atoms with Crippen molar-refractivity contribution in [1.29, 1.82) is 0 Å². The fraction of sp³-hybridized carbons (Fsp3) is 0.222. The van der Waals surface area contributed by atoms with E-state index < -0.39 is 0 Å². The molecule has 1 heterocycles.